The second-order valence-corrected chi connectivity index (χ2v) is 11.9. The van der Waals surface area contributed by atoms with E-state index in [1.807, 2.05) is 0 Å². The molecule has 0 radical (unpaired) electrons. The molecule has 4 rings (SSSR count). The highest BCUT2D eigenvalue weighted by atomic mass is 32.2. The molecule has 1 spiro atoms. The molecule has 5 nitrogen and oxygen atoms in total. The minimum absolute atomic E-state index is 0.163. The number of sulfone groups is 1. The summed E-state index contributed by atoms with van der Waals surface area (Å²) in [6, 6.07) is 1.74. The molecule has 0 bridgehead atoms. The van der Waals surface area contributed by atoms with Crippen molar-refractivity contribution in [1.29, 1.82) is 0 Å². The lowest BCUT2D eigenvalue weighted by Crippen LogP contribution is -2.51. The molecule has 9 heteroatoms. The highest BCUT2D eigenvalue weighted by Crippen LogP contribution is 2.43. The number of hydrogen-bond acceptors (Lipinski definition) is 4. The first-order chi connectivity index (χ1) is 13.3. The smallest absolute Gasteiger partial charge is 0.300 e. The van der Waals surface area contributed by atoms with Gasteiger partial charge in [0.25, 0.3) is 0 Å². The summed E-state index contributed by atoms with van der Waals surface area (Å²) in [4.78, 5) is 2.58. The molecule has 0 unspecified atom stereocenters. The predicted molar refractivity (Wildman–Crippen MR) is 106 cm³/mol. The summed E-state index contributed by atoms with van der Waals surface area (Å²) in [5, 5.41) is 3.44. The van der Waals surface area contributed by atoms with Crippen molar-refractivity contribution in [2.45, 2.75) is 77.1 Å². The van der Waals surface area contributed by atoms with Gasteiger partial charge >= 0.3 is 6.18 Å². The number of hydrogen-bond donors (Lipinski definition) is 0. The van der Waals surface area contributed by atoms with Crippen LogP contribution in [0.5, 0.6) is 0 Å². The third-order valence-electron chi connectivity index (χ3n) is 6.18. The molecule has 3 fully saturated rings. The fourth-order valence-electron chi connectivity index (χ4n) is 4.70. The van der Waals surface area contributed by atoms with Crippen molar-refractivity contribution >= 4 is 9.84 Å². The first-order valence-corrected chi connectivity index (χ1v) is 12.2. The zero-order chi connectivity index (χ0) is 21.5. The van der Waals surface area contributed by atoms with Gasteiger partial charge in [0.2, 0.25) is 0 Å². The molecule has 2 saturated heterocycles. The van der Waals surface area contributed by atoms with E-state index in [1.165, 1.54) is 43.0 Å². The zero-order valence-electron chi connectivity index (χ0n) is 17.5. The van der Waals surface area contributed by atoms with Crippen molar-refractivity contribution in [2.75, 3.05) is 24.6 Å². The maximum absolute atomic E-state index is 12.1. The van der Waals surface area contributed by atoms with Crippen molar-refractivity contribution in [3.63, 3.8) is 0 Å². The van der Waals surface area contributed by atoms with E-state index in [0.29, 0.717) is 11.5 Å². The van der Waals surface area contributed by atoms with Gasteiger partial charge < -0.3 is 0 Å². The minimum Gasteiger partial charge on any atom is -0.300 e. The summed E-state index contributed by atoms with van der Waals surface area (Å²) in [6.45, 7) is 7.57. The summed E-state index contributed by atoms with van der Waals surface area (Å²) >= 11 is 0. The minimum atomic E-state index is -4.35. The van der Waals surface area contributed by atoms with Crippen LogP contribution >= 0.6 is 0 Å². The average Bonchev–Trinajstić information content (AvgIpc) is 3.22. The van der Waals surface area contributed by atoms with E-state index >= 15 is 0 Å². The van der Waals surface area contributed by atoms with Gasteiger partial charge in [0.1, 0.15) is 0 Å². The van der Waals surface area contributed by atoms with E-state index in [4.69, 9.17) is 0 Å². The van der Waals surface area contributed by atoms with Crippen LogP contribution in [-0.4, -0.2) is 53.7 Å². The Bertz CT molecular complexity index is 765. The van der Waals surface area contributed by atoms with E-state index in [9.17, 15) is 21.6 Å². The number of halogens is 3. The number of rotatable bonds is 1. The van der Waals surface area contributed by atoms with Crippen LogP contribution in [0.15, 0.2) is 12.3 Å². The highest BCUT2D eigenvalue weighted by Gasteiger charge is 2.52. The van der Waals surface area contributed by atoms with E-state index in [1.54, 1.807) is 20.8 Å². The molecule has 3 heterocycles. The molecule has 1 saturated carbocycles. The maximum atomic E-state index is 12.1. The van der Waals surface area contributed by atoms with Gasteiger partial charge in [-0.05, 0) is 52.6 Å². The van der Waals surface area contributed by atoms with Gasteiger partial charge in [0.05, 0.1) is 17.0 Å². The van der Waals surface area contributed by atoms with Gasteiger partial charge in [-0.1, -0.05) is 19.3 Å². The van der Waals surface area contributed by atoms with Gasteiger partial charge in [0.15, 0.2) is 15.5 Å². The zero-order valence-corrected chi connectivity index (χ0v) is 18.3. The molecule has 1 aromatic heterocycles. The van der Waals surface area contributed by atoms with E-state index in [-0.39, 0.29) is 5.41 Å². The lowest BCUT2D eigenvalue weighted by atomic mass is 9.90. The monoisotopic (exact) mass is 435 g/mol. The predicted octanol–water partition coefficient (Wildman–Crippen LogP) is 4.10. The number of nitrogens with zero attached hydrogens (tertiary/aromatic N) is 3. The van der Waals surface area contributed by atoms with Crippen molar-refractivity contribution in [3.05, 3.63) is 18.0 Å². The fraction of sp³-hybridized carbons (Fsp3) is 0.850. The lowest BCUT2D eigenvalue weighted by Gasteiger charge is -2.39. The lowest BCUT2D eigenvalue weighted by molar-refractivity contribution is -0.141. The Morgan fingerprint density at radius 3 is 2.17 bits per heavy atom. The number of likely N-dealkylation sites (tertiary alicyclic amines) is 1. The topological polar surface area (TPSA) is 55.2 Å². The third kappa shape index (κ3) is 5.54. The quantitative estimate of drug-likeness (QED) is 0.667. The average molecular weight is 436 g/mol. The molecule has 29 heavy (non-hydrogen) atoms. The summed E-state index contributed by atoms with van der Waals surface area (Å²) in [5.41, 5.74) is -1.10. The van der Waals surface area contributed by atoms with Crippen molar-refractivity contribution in [3.8, 4) is 0 Å². The molecule has 3 aliphatic rings. The Morgan fingerprint density at radius 1 is 1.10 bits per heavy atom. The first-order valence-electron chi connectivity index (χ1n) is 10.4. The van der Waals surface area contributed by atoms with Crippen LogP contribution < -0.4 is 0 Å². The largest absolute Gasteiger partial charge is 0.435 e. The number of alkyl halides is 3. The molecule has 0 N–H and O–H groups in total. The van der Waals surface area contributed by atoms with Crippen LogP contribution in [0.4, 0.5) is 13.2 Å². The molecule has 166 valence electrons. The van der Waals surface area contributed by atoms with Crippen molar-refractivity contribution < 1.29 is 21.6 Å². The van der Waals surface area contributed by atoms with E-state index in [0.717, 1.165) is 31.6 Å². The maximum Gasteiger partial charge on any atom is 0.435 e. The van der Waals surface area contributed by atoms with E-state index < -0.39 is 27.2 Å². The standard InChI is InChI=1S/C12H21NO2S.C8H11F3N2/c14-16(15)9-12(10-16)6-7-13(8-12)11-4-2-1-3-5-11;1-7(2,3)13-5-4-6(12-13)8(9,10)11/h11H,1-10H2;4-5H,1-3H3. The van der Waals surface area contributed by atoms with Gasteiger partial charge in [-0.2, -0.15) is 18.3 Å². The van der Waals surface area contributed by atoms with Crippen LogP contribution in [-0.2, 0) is 21.6 Å². The molecular weight excluding hydrogens is 403 g/mol. The normalized spacial score (nSPS) is 24.8. The first kappa shape index (κ1) is 22.6. The van der Waals surface area contributed by atoms with Crippen molar-refractivity contribution in [2.24, 2.45) is 5.41 Å². The Morgan fingerprint density at radius 2 is 1.72 bits per heavy atom. The molecular formula is C20H32F3N3O2S. The Balaban J connectivity index is 0.000000170. The Hall–Kier alpha value is -1.09. The van der Waals surface area contributed by atoms with Gasteiger partial charge in [0, 0.05) is 24.2 Å². The summed E-state index contributed by atoms with van der Waals surface area (Å²) in [6.07, 6.45) is 4.90. The Labute approximate surface area is 171 Å². The van der Waals surface area contributed by atoms with Crippen LogP contribution in [0.25, 0.3) is 0 Å². The fourth-order valence-corrected chi connectivity index (χ4v) is 6.96. The molecule has 1 aliphatic carbocycles. The second kappa shape index (κ2) is 7.87. The SMILES string of the molecule is CC(C)(C)n1ccc(C(F)(F)F)n1.O=S1(=O)CC2(CCN(C3CCCCC3)C2)C1. The van der Waals surface area contributed by atoms with Gasteiger partial charge in [-0.3, -0.25) is 9.58 Å². The summed E-state index contributed by atoms with van der Waals surface area (Å²) in [7, 11) is -2.65. The van der Waals surface area contributed by atoms with Crippen LogP contribution in [0.1, 0.15) is 65.0 Å². The summed E-state index contributed by atoms with van der Waals surface area (Å²) in [5.74, 6) is 0.923. The molecule has 0 aromatic carbocycles. The van der Waals surface area contributed by atoms with Crippen LogP contribution in [0.2, 0.25) is 0 Å². The van der Waals surface area contributed by atoms with Gasteiger partial charge in [-0.25, -0.2) is 8.42 Å². The molecule has 2 aliphatic heterocycles. The highest BCUT2D eigenvalue weighted by molar-refractivity contribution is 7.92. The molecule has 0 atom stereocenters. The molecule has 1 aromatic rings. The Kier molecular flexibility index (Phi) is 6.13. The second-order valence-electron chi connectivity index (χ2n) is 9.86. The number of aromatic nitrogens is 2. The van der Waals surface area contributed by atoms with Crippen LogP contribution in [0, 0.1) is 5.41 Å². The summed E-state index contributed by atoms with van der Waals surface area (Å²) < 4.78 is 60.3. The molecule has 0 amide bonds. The van der Waals surface area contributed by atoms with Crippen LogP contribution in [0.3, 0.4) is 0 Å². The van der Waals surface area contributed by atoms with Crippen molar-refractivity contribution in [1.82, 2.24) is 14.7 Å². The third-order valence-corrected chi connectivity index (χ3v) is 8.28. The van der Waals surface area contributed by atoms with Gasteiger partial charge in [-0.15, -0.1) is 0 Å². The van der Waals surface area contributed by atoms with E-state index in [2.05, 4.69) is 10.00 Å².